The maximum atomic E-state index is 12.1. The van der Waals surface area contributed by atoms with E-state index in [2.05, 4.69) is 5.32 Å². The number of halogens is 1. The maximum Gasteiger partial charge on any atom is 0.338 e. The van der Waals surface area contributed by atoms with Crippen LogP contribution in [0.15, 0.2) is 48.5 Å². The molecule has 1 unspecified atom stereocenters. The third-order valence-electron chi connectivity index (χ3n) is 3.17. The second kappa shape index (κ2) is 8.36. The summed E-state index contributed by atoms with van der Waals surface area (Å²) in [6.45, 7) is 3.94. The lowest BCUT2D eigenvalue weighted by atomic mass is 10.2. The van der Waals surface area contributed by atoms with Crippen molar-refractivity contribution in [1.82, 2.24) is 0 Å². The minimum absolute atomic E-state index is 0.351. The number of benzene rings is 2. The molecule has 0 fully saturated rings. The van der Waals surface area contributed by atoms with Crippen LogP contribution in [0.25, 0.3) is 0 Å². The molecular weight excluding hydrogens is 330 g/mol. The third-order valence-corrected chi connectivity index (χ3v) is 3.42. The fraction of sp³-hybridized carbons (Fsp3) is 0.222. The number of anilines is 1. The predicted octanol–water partition coefficient (Wildman–Crippen LogP) is 3.92. The minimum Gasteiger partial charge on any atom is -0.494 e. The van der Waals surface area contributed by atoms with Crippen molar-refractivity contribution < 1.29 is 19.1 Å². The van der Waals surface area contributed by atoms with Crippen molar-refractivity contribution in [3.8, 4) is 5.75 Å². The number of carbonyl (C=O) groups is 2. The highest BCUT2D eigenvalue weighted by Crippen LogP contribution is 2.15. The standard InChI is InChI=1S/C18H18ClNO4/c1-3-23-16-10-4-13(5-11-16)18(22)24-12(2)17(21)20-15-8-6-14(19)7-9-15/h4-12H,3H2,1-2H3,(H,20,21). The zero-order valence-electron chi connectivity index (χ0n) is 13.4. The van der Waals surface area contributed by atoms with Gasteiger partial charge >= 0.3 is 5.97 Å². The number of carbonyl (C=O) groups excluding carboxylic acids is 2. The molecule has 0 heterocycles. The van der Waals surface area contributed by atoms with E-state index in [4.69, 9.17) is 21.1 Å². The van der Waals surface area contributed by atoms with Gasteiger partial charge < -0.3 is 14.8 Å². The fourth-order valence-electron chi connectivity index (χ4n) is 1.91. The molecule has 0 saturated heterocycles. The molecule has 5 nitrogen and oxygen atoms in total. The molecule has 6 heteroatoms. The number of ether oxygens (including phenoxy) is 2. The summed E-state index contributed by atoms with van der Waals surface area (Å²) in [5.74, 6) is -0.323. The highest BCUT2D eigenvalue weighted by Gasteiger charge is 2.19. The van der Waals surface area contributed by atoms with E-state index < -0.39 is 18.0 Å². The molecule has 2 aromatic rings. The Labute approximate surface area is 145 Å². The van der Waals surface area contributed by atoms with E-state index >= 15 is 0 Å². The topological polar surface area (TPSA) is 64.6 Å². The molecule has 2 rings (SSSR count). The second-order valence-corrected chi connectivity index (χ2v) is 5.44. The lowest BCUT2D eigenvalue weighted by molar-refractivity contribution is -0.123. The van der Waals surface area contributed by atoms with Crippen LogP contribution in [0.5, 0.6) is 5.75 Å². The molecule has 0 aromatic heterocycles. The summed E-state index contributed by atoms with van der Waals surface area (Å²) >= 11 is 5.79. The van der Waals surface area contributed by atoms with Gasteiger partial charge in [-0.05, 0) is 62.4 Å². The van der Waals surface area contributed by atoms with E-state index in [0.717, 1.165) is 0 Å². The number of rotatable bonds is 6. The minimum atomic E-state index is -0.931. The first-order valence-corrected chi connectivity index (χ1v) is 7.87. The van der Waals surface area contributed by atoms with Gasteiger partial charge in [-0.25, -0.2) is 4.79 Å². The van der Waals surface area contributed by atoms with Gasteiger partial charge in [0.1, 0.15) is 5.75 Å². The molecule has 1 amide bonds. The molecule has 2 aromatic carbocycles. The SMILES string of the molecule is CCOc1ccc(C(=O)OC(C)C(=O)Nc2ccc(Cl)cc2)cc1. The van der Waals surface area contributed by atoms with Crippen molar-refractivity contribution in [2.75, 3.05) is 11.9 Å². The largest absolute Gasteiger partial charge is 0.494 e. The molecule has 126 valence electrons. The van der Waals surface area contributed by atoms with Crippen LogP contribution in [0.2, 0.25) is 5.02 Å². The molecule has 0 aliphatic heterocycles. The molecule has 0 spiro atoms. The van der Waals surface area contributed by atoms with Gasteiger partial charge in [-0.1, -0.05) is 11.6 Å². The van der Waals surface area contributed by atoms with E-state index in [1.807, 2.05) is 6.92 Å². The van der Waals surface area contributed by atoms with Crippen molar-refractivity contribution >= 4 is 29.2 Å². The van der Waals surface area contributed by atoms with Gasteiger partial charge in [0.2, 0.25) is 0 Å². The number of hydrogen-bond donors (Lipinski definition) is 1. The normalized spacial score (nSPS) is 11.5. The zero-order valence-corrected chi connectivity index (χ0v) is 14.2. The zero-order chi connectivity index (χ0) is 17.5. The summed E-state index contributed by atoms with van der Waals surface area (Å²) in [6.07, 6.45) is -0.931. The van der Waals surface area contributed by atoms with Gasteiger partial charge in [-0.3, -0.25) is 4.79 Å². The number of amides is 1. The lowest BCUT2D eigenvalue weighted by Crippen LogP contribution is -2.29. The first-order chi connectivity index (χ1) is 11.5. The van der Waals surface area contributed by atoms with Gasteiger partial charge in [-0.2, -0.15) is 0 Å². The van der Waals surface area contributed by atoms with Crippen molar-refractivity contribution in [2.24, 2.45) is 0 Å². The monoisotopic (exact) mass is 347 g/mol. The quantitative estimate of drug-likeness (QED) is 0.804. The number of hydrogen-bond acceptors (Lipinski definition) is 4. The Bertz CT molecular complexity index is 698. The van der Waals surface area contributed by atoms with Gasteiger partial charge in [0, 0.05) is 10.7 Å². The van der Waals surface area contributed by atoms with Crippen LogP contribution in [0.1, 0.15) is 24.2 Å². The molecule has 0 radical (unpaired) electrons. The van der Waals surface area contributed by atoms with Crippen molar-refractivity contribution in [3.63, 3.8) is 0 Å². The summed E-state index contributed by atoms with van der Waals surface area (Å²) < 4.78 is 10.5. The van der Waals surface area contributed by atoms with Gasteiger partial charge in [0.05, 0.1) is 12.2 Å². The van der Waals surface area contributed by atoms with Crippen LogP contribution in [0.3, 0.4) is 0 Å². The molecule has 0 aliphatic rings. The molecule has 0 saturated carbocycles. The van der Waals surface area contributed by atoms with Crippen LogP contribution in [-0.2, 0) is 9.53 Å². The molecular formula is C18H18ClNO4. The van der Waals surface area contributed by atoms with E-state index in [-0.39, 0.29) is 0 Å². The Kier molecular flexibility index (Phi) is 6.21. The van der Waals surface area contributed by atoms with Crippen molar-refractivity contribution in [2.45, 2.75) is 20.0 Å². The van der Waals surface area contributed by atoms with Gasteiger partial charge in [-0.15, -0.1) is 0 Å². The van der Waals surface area contributed by atoms with Crippen LogP contribution < -0.4 is 10.1 Å². The van der Waals surface area contributed by atoms with Crippen LogP contribution in [0.4, 0.5) is 5.69 Å². The predicted molar refractivity (Wildman–Crippen MR) is 92.6 cm³/mol. The van der Waals surface area contributed by atoms with Crippen LogP contribution >= 0.6 is 11.6 Å². The summed E-state index contributed by atoms with van der Waals surface area (Å²) in [4.78, 5) is 24.1. The first-order valence-electron chi connectivity index (χ1n) is 7.50. The smallest absolute Gasteiger partial charge is 0.338 e. The first kappa shape index (κ1) is 17.8. The van der Waals surface area contributed by atoms with E-state index in [1.165, 1.54) is 6.92 Å². The Morgan fingerprint density at radius 1 is 1.08 bits per heavy atom. The van der Waals surface area contributed by atoms with E-state index in [1.54, 1.807) is 48.5 Å². The van der Waals surface area contributed by atoms with E-state index in [0.29, 0.717) is 28.6 Å². The summed E-state index contributed by atoms with van der Waals surface area (Å²) in [7, 11) is 0. The summed E-state index contributed by atoms with van der Waals surface area (Å²) in [6, 6.07) is 13.2. The van der Waals surface area contributed by atoms with Crippen molar-refractivity contribution in [3.05, 3.63) is 59.1 Å². The lowest BCUT2D eigenvalue weighted by Gasteiger charge is -2.14. The maximum absolute atomic E-state index is 12.1. The fourth-order valence-corrected chi connectivity index (χ4v) is 2.04. The van der Waals surface area contributed by atoms with E-state index in [9.17, 15) is 9.59 Å². The Balaban J connectivity index is 1.92. The van der Waals surface area contributed by atoms with Gasteiger partial charge in [0.15, 0.2) is 6.10 Å². The Hall–Kier alpha value is -2.53. The Morgan fingerprint density at radius 3 is 2.29 bits per heavy atom. The van der Waals surface area contributed by atoms with Crippen LogP contribution in [0, 0.1) is 0 Å². The molecule has 0 aliphatic carbocycles. The average molecular weight is 348 g/mol. The average Bonchev–Trinajstić information content (AvgIpc) is 2.57. The summed E-state index contributed by atoms with van der Waals surface area (Å²) in [5, 5.41) is 3.23. The van der Waals surface area contributed by atoms with Gasteiger partial charge in [0.25, 0.3) is 5.91 Å². The number of nitrogens with one attached hydrogen (secondary N) is 1. The summed E-state index contributed by atoms with van der Waals surface area (Å²) in [5.41, 5.74) is 0.929. The molecule has 24 heavy (non-hydrogen) atoms. The van der Waals surface area contributed by atoms with Crippen molar-refractivity contribution in [1.29, 1.82) is 0 Å². The Morgan fingerprint density at radius 2 is 1.71 bits per heavy atom. The second-order valence-electron chi connectivity index (χ2n) is 5.00. The number of esters is 1. The third kappa shape index (κ3) is 4.99. The van der Waals surface area contributed by atoms with Crippen LogP contribution in [-0.4, -0.2) is 24.6 Å². The molecule has 0 bridgehead atoms. The highest BCUT2D eigenvalue weighted by atomic mass is 35.5. The highest BCUT2D eigenvalue weighted by molar-refractivity contribution is 6.30. The molecule has 1 atom stereocenters. The molecule has 1 N–H and O–H groups in total.